The minimum atomic E-state index is 0.591. The minimum absolute atomic E-state index is 0.591. The van der Waals surface area contributed by atoms with E-state index >= 15 is 0 Å². The fourth-order valence-corrected chi connectivity index (χ4v) is 2.44. The van der Waals surface area contributed by atoms with Gasteiger partial charge in [0.15, 0.2) is 0 Å². The molecule has 0 aromatic rings. The first-order valence-electron chi connectivity index (χ1n) is 7.96. The number of hydrogen-bond donors (Lipinski definition) is 2. The van der Waals surface area contributed by atoms with Gasteiger partial charge in [0.1, 0.15) is 0 Å². The Morgan fingerprint density at radius 3 is 1.37 bits per heavy atom. The van der Waals surface area contributed by atoms with Crippen LogP contribution in [0.25, 0.3) is 0 Å². The van der Waals surface area contributed by atoms with Crippen LogP contribution in [-0.4, -0.2) is 38.4 Å². The van der Waals surface area contributed by atoms with E-state index in [9.17, 15) is 0 Å². The zero-order valence-electron chi connectivity index (χ0n) is 14.0. The summed E-state index contributed by atoms with van der Waals surface area (Å²) in [4.78, 5) is 0. The first kappa shape index (κ1) is 18.9. The van der Waals surface area contributed by atoms with Crippen LogP contribution in [0.2, 0.25) is 0 Å². The van der Waals surface area contributed by atoms with Crippen LogP contribution in [0.3, 0.4) is 0 Å². The molecule has 0 spiro atoms. The summed E-state index contributed by atoms with van der Waals surface area (Å²) >= 11 is 0. The third kappa shape index (κ3) is 14.1. The molecule has 2 unspecified atom stereocenters. The minimum Gasteiger partial charge on any atom is -0.379 e. The van der Waals surface area contributed by atoms with Gasteiger partial charge in [0, 0.05) is 25.2 Å². The Kier molecular flexibility index (Phi) is 11.6. The van der Waals surface area contributed by atoms with Crippen LogP contribution < -0.4 is 10.6 Å². The predicted octanol–water partition coefficient (Wildman–Crippen LogP) is 3.05. The molecule has 0 saturated heterocycles. The molecule has 116 valence electrons. The van der Waals surface area contributed by atoms with Crippen LogP contribution in [-0.2, 0) is 4.74 Å². The second-order valence-electron chi connectivity index (χ2n) is 6.58. The fourth-order valence-electron chi connectivity index (χ4n) is 2.44. The Morgan fingerprint density at radius 1 is 0.684 bits per heavy atom. The summed E-state index contributed by atoms with van der Waals surface area (Å²) in [6.07, 6.45) is 2.46. The Balaban J connectivity index is 3.27. The highest BCUT2D eigenvalue weighted by Crippen LogP contribution is 2.03. The summed E-state index contributed by atoms with van der Waals surface area (Å²) in [5, 5.41) is 6.99. The molecule has 0 amide bonds. The van der Waals surface area contributed by atoms with Gasteiger partial charge in [-0.2, -0.15) is 0 Å². The highest BCUT2D eigenvalue weighted by Gasteiger charge is 2.04. The van der Waals surface area contributed by atoms with Gasteiger partial charge < -0.3 is 15.4 Å². The van der Waals surface area contributed by atoms with Gasteiger partial charge in [-0.1, -0.05) is 27.7 Å². The van der Waals surface area contributed by atoms with E-state index in [-0.39, 0.29) is 0 Å². The van der Waals surface area contributed by atoms with Gasteiger partial charge >= 0.3 is 0 Å². The van der Waals surface area contributed by atoms with Gasteiger partial charge in [0.05, 0.1) is 13.2 Å². The van der Waals surface area contributed by atoms with Crippen molar-refractivity contribution in [2.45, 2.75) is 66.5 Å². The third-order valence-electron chi connectivity index (χ3n) is 3.13. The summed E-state index contributed by atoms with van der Waals surface area (Å²) in [5.74, 6) is 1.52. The molecule has 0 aromatic carbocycles. The first-order chi connectivity index (χ1) is 8.91. The molecule has 0 aliphatic carbocycles. The van der Waals surface area contributed by atoms with Crippen molar-refractivity contribution in [1.29, 1.82) is 0 Å². The number of ether oxygens (including phenoxy) is 1. The lowest BCUT2D eigenvalue weighted by Crippen LogP contribution is -2.33. The normalized spacial score (nSPS) is 15.2. The van der Waals surface area contributed by atoms with Gasteiger partial charge in [-0.3, -0.25) is 0 Å². The zero-order chi connectivity index (χ0) is 14.7. The van der Waals surface area contributed by atoms with Crippen molar-refractivity contribution in [1.82, 2.24) is 10.6 Å². The second kappa shape index (κ2) is 11.7. The molecule has 0 aromatic heterocycles. The van der Waals surface area contributed by atoms with Gasteiger partial charge in [-0.15, -0.1) is 0 Å². The molecule has 0 radical (unpaired) electrons. The number of nitrogens with one attached hydrogen (secondary N) is 2. The molecule has 3 heteroatoms. The van der Waals surface area contributed by atoms with Crippen LogP contribution in [0.15, 0.2) is 0 Å². The van der Waals surface area contributed by atoms with Crippen LogP contribution in [0.1, 0.15) is 54.4 Å². The lowest BCUT2D eigenvalue weighted by molar-refractivity contribution is 0.132. The molecule has 2 N–H and O–H groups in total. The van der Waals surface area contributed by atoms with Gasteiger partial charge in [-0.05, 0) is 38.5 Å². The molecule has 2 atom stereocenters. The quantitative estimate of drug-likeness (QED) is 0.536. The maximum Gasteiger partial charge on any atom is 0.0591 e. The van der Waals surface area contributed by atoms with Gasteiger partial charge in [-0.25, -0.2) is 0 Å². The lowest BCUT2D eigenvalue weighted by Gasteiger charge is -2.17. The first-order valence-corrected chi connectivity index (χ1v) is 7.96. The monoisotopic (exact) mass is 272 g/mol. The molecule has 0 saturated carbocycles. The van der Waals surface area contributed by atoms with Crippen LogP contribution in [0, 0.1) is 11.8 Å². The Bertz CT molecular complexity index is 175. The third-order valence-corrected chi connectivity index (χ3v) is 3.13. The smallest absolute Gasteiger partial charge is 0.0591 e. The Labute approximate surface area is 120 Å². The number of hydrogen-bond acceptors (Lipinski definition) is 3. The van der Waals surface area contributed by atoms with Crippen molar-refractivity contribution in [3.8, 4) is 0 Å². The maximum absolute atomic E-state index is 5.62. The summed E-state index contributed by atoms with van der Waals surface area (Å²) in [6.45, 7) is 17.1. The van der Waals surface area contributed by atoms with Gasteiger partial charge in [0.25, 0.3) is 0 Å². The molecule has 3 nitrogen and oxygen atoms in total. The van der Waals surface area contributed by atoms with Crippen LogP contribution in [0.4, 0.5) is 0 Å². The highest BCUT2D eigenvalue weighted by molar-refractivity contribution is 4.63. The zero-order valence-corrected chi connectivity index (χ0v) is 14.0. The van der Waals surface area contributed by atoms with Crippen molar-refractivity contribution in [3.63, 3.8) is 0 Å². The van der Waals surface area contributed by atoms with Crippen molar-refractivity contribution in [2.75, 3.05) is 26.3 Å². The van der Waals surface area contributed by atoms with E-state index in [1.165, 1.54) is 12.8 Å². The number of rotatable bonds is 12. The van der Waals surface area contributed by atoms with E-state index in [1.54, 1.807) is 0 Å². The predicted molar refractivity (Wildman–Crippen MR) is 84.7 cm³/mol. The Hall–Kier alpha value is -0.120. The Morgan fingerprint density at radius 2 is 1.05 bits per heavy atom. The van der Waals surface area contributed by atoms with E-state index in [1.807, 2.05) is 0 Å². The van der Waals surface area contributed by atoms with E-state index in [0.717, 1.165) is 38.1 Å². The molecule has 0 rings (SSSR count). The SMILES string of the molecule is CC(C)CC(C)NCCOCCNC(C)CC(C)C. The summed E-state index contributed by atoms with van der Waals surface area (Å²) in [7, 11) is 0. The largest absolute Gasteiger partial charge is 0.379 e. The van der Waals surface area contributed by atoms with E-state index in [0.29, 0.717) is 12.1 Å². The van der Waals surface area contributed by atoms with Gasteiger partial charge in [0.2, 0.25) is 0 Å². The average Bonchev–Trinajstić information content (AvgIpc) is 2.25. The average molecular weight is 272 g/mol. The summed E-state index contributed by atoms with van der Waals surface area (Å²) in [5.41, 5.74) is 0. The molecule has 0 aliphatic rings. The van der Waals surface area contributed by atoms with Crippen LogP contribution >= 0.6 is 0 Å². The van der Waals surface area contributed by atoms with Crippen molar-refractivity contribution < 1.29 is 4.74 Å². The summed E-state index contributed by atoms with van der Waals surface area (Å²) < 4.78 is 5.62. The molecule has 0 heterocycles. The van der Waals surface area contributed by atoms with Crippen molar-refractivity contribution in [3.05, 3.63) is 0 Å². The van der Waals surface area contributed by atoms with Crippen molar-refractivity contribution in [2.24, 2.45) is 11.8 Å². The van der Waals surface area contributed by atoms with E-state index in [4.69, 9.17) is 4.74 Å². The second-order valence-corrected chi connectivity index (χ2v) is 6.58. The topological polar surface area (TPSA) is 33.3 Å². The molecular weight excluding hydrogens is 236 g/mol. The van der Waals surface area contributed by atoms with E-state index in [2.05, 4.69) is 52.2 Å². The van der Waals surface area contributed by atoms with Crippen LogP contribution in [0.5, 0.6) is 0 Å². The summed E-state index contributed by atoms with van der Waals surface area (Å²) in [6, 6.07) is 1.18. The maximum atomic E-state index is 5.62. The fraction of sp³-hybridized carbons (Fsp3) is 1.00. The van der Waals surface area contributed by atoms with Crippen molar-refractivity contribution >= 4 is 0 Å². The molecule has 0 bridgehead atoms. The molecule has 0 aliphatic heterocycles. The highest BCUT2D eigenvalue weighted by atomic mass is 16.5. The molecule has 19 heavy (non-hydrogen) atoms. The lowest BCUT2D eigenvalue weighted by atomic mass is 10.1. The molecular formula is C16H36N2O. The van der Waals surface area contributed by atoms with E-state index < -0.39 is 0 Å². The molecule has 0 fully saturated rings. The standard InChI is InChI=1S/C16H36N2O/c1-13(2)11-15(5)17-7-9-19-10-8-18-16(6)12-14(3)4/h13-18H,7-12H2,1-6H3.